The molecular formula is C32H47NO4. The molecule has 1 N–H and O–H groups in total. The molecule has 2 aliphatic rings. The van der Waals surface area contributed by atoms with Gasteiger partial charge in [0.25, 0.3) is 0 Å². The smallest absolute Gasteiger partial charge is 0.132 e. The number of hydrogen-bond donors (Lipinski definition) is 1. The topological polar surface area (TPSA) is 49.0 Å². The van der Waals surface area contributed by atoms with Gasteiger partial charge in [0.15, 0.2) is 0 Å². The molecule has 1 fully saturated rings. The van der Waals surface area contributed by atoms with Crippen molar-refractivity contribution in [3.8, 4) is 11.5 Å². The number of benzene rings is 2. The minimum Gasteiger partial charge on any atom is -0.497 e. The van der Waals surface area contributed by atoms with Crippen LogP contribution in [0.3, 0.4) is 0 Å². The normalized spacial score (nSPS) is 21.2. The van der Waals surface area contributed by atoms with Gasteiger partial charge in [0, 0.05) is 31.0 Å². The Morgan fingerprint density at radius 3 is 2.46 bits per heavy atom. The van der Waals surface area contributed by atoms with Gasteiger partial charge in [-0.2, -0.15) is 0 Å². The van der Waals surface area contributed by atoms with Crippen molar-refractivity contribution in [1.82, 2.24) is 0 Å². The summed E-state index contributed by atoms with van der Waals surface area (Å²) in [5.41, 5.74) is 2.88. The van der Waals surface area contributed by atoms with E-state index in [1.54, 1.807) is 7.11 Å². The van der Waals surface area contributed by atoms with Gasteiger partial charge in [0.1, 0.15) is 29.3 Å². The zero-order valence-corrected chi connectivity index (χ0v) is 23.4. The highest BCUT2D eigenvalue weighted by atomic mass is 16.6. The SMILES string of the molecule is CCCCCOC1C(OCCC2CCCCC2)c2cc(NCc3ccc(OC)cc3)ccc2OC1(C)C. The molecule has 0 amide bonds. The van der Waals surface area contributed by atoms with E-state index >= 15 is 0 Å². The van der Waals surface area contributed by atoms with Crippen molar-refractivity contribution in [3.63, 3.8) is 0 Å². The highest BCUT2D eigenvalue weighted by Crippen LogP contribution is 2.44. The molecular weight excluding hydrogens is 462 g/mol. The molecule has 1 heterocycles. The van der Waals surface area contributed by atoms with Crippen LogP contribution in [0.15, 0.2) is 42.5 Å². The van der Waals surface area contributed by atoms with Gasteiger partial charge >= 0.3 is 0 Å². The highest BCUT2D eigenvalue weighted by Gasteiger charge is 2.45. The largest absolute Gasteiger partial charge is 0.497 e. The number of hydrogen-bond acceptors (Lipinski definition) is 5. The fourth-order valence-corrected chi connectivity index (χ4v) is 5.66. The van der Waals surface area contributed by atoms with Crippen molar-refractivity contribution in [2.45, 2.75) is 103 Å². The third kappa shape index (κ3) is 7.64. The number of rotatable bonds is 13. The van der Waals surface area contributed by atoms with Crippen LogP contribution >= 0.6 is 0 Å². The van der Waals surface area contributed by atoms with Gasteiger partial charge in [0.2, 0.25) is 0 Å². The lowest BCUT2D eigenvalue weighted by Crippen LogP contribution is -2.51. The summed E-state index contributed by atoms with van der Waals surface area (Å²) in [6.07, 6.45) is 11.1. The molecule has 1 aliphatic heterocycles. The molecule has 1 aliphatic carbocycles. The minimum absolute atomic E-state index is 0.147. The molecule has 0 radical (unpaired) electrons. The van der Waals surface area contributed by atoms with Crippen LogP contribution in [0.1, 0.15) is 95.8 Å². The van der Waals surface area contributed by atoms with E-state index in [-0.39, 0.29) is 12.2 Å². The highest BCUT2D eigenvalue weighted by molar-refractivity contribution is 5.54. The Morgan fingerprint density at radius 2 is 1.73 bits per heavy atom. The lowest BCUT2D eigenvalue weighted by molar-refractivity contribution is -0.163. The molecule has 5 heteroatoms. The maximum atomic E-state index is 6.71. The fraction of sp³-hybridized carbons (Fsp3) is 0.625. The monoisotopic (exact) mass is 509 g/mol. The predicted octanol–water partition coefficient (Wildman–Crippen LogP) is 8.08. The summed E-state index contributed by atoms with van der Waals surface area (Å²) in [5.74, 6) is 2.56. The third-order valence-electron chi connectivity index (χ3n) is 7.90. The summed E-state index contributed by atoms with van der Waals surface area (Å²) in [6.45, 7) is 8.73. The van der Waals surface area contributed by atoms with Crippen LogP contribution < -0.4 is 14.8 Å². The zero-order chi connectivity index (χ0) is 26.1. The summed E-state index contributed by atoms with van der Waals surface area (Å²) in [7, 11) is 1.69. The fourth-order valence-electron chi connectivity index (χ4n) is 5.66. The third-order valence-corrected chi connectivity index (χ3v) is 7.90. The van der Waals surface area contributed by atoms with Gasteiger partial charge in [-0.1, -0.05) is 64.0 Å². The Bertz CT molecular complexity index is 952. The van der Waals surface area contributed by atoms with E-state index in [1.165, 1.54) is 50.5 Å². The first-order valence-electron chi connectivity index (χ1n) is 14.4. The predicted molar refractivity (Wildman–Crippen MR) is 151 cm³/mol. The molecule has 0 spiro atoms. The van der Waals surface area contributed by atoms with Crippen molar-refractivity contribution >= 4 is 5.69 Å². The second kappa shape index (κ2) is 13.5. The van der Waals surface area contributed by atoms with Crippen LogP contribution in [0.4, 0.5) is 5.69 Å². The average molecular weight is 510 g/mol. The molecule has 2 aromatic carbocycles. The Labute approximate surface area is 224 Å². The lowest BCUT2D eigenvalue weighted by atomic mass is 9.86. The molecule has 37 heavy (non-hydrogen) atoms. The zero-order valence-electron chi connectivity index (χ0n) is 23.4. The van der Waals surface area contributed by atoms with Crippen LogP contribution in [0.25, 0.3) is 0 Å². The first-order valence-corrected chi connectivity index (χ1v) is 14.4. The van der Waals surface area contributed by atoms with Crippen LogP contribution in [-0.4, -0.2) is 32.0 Å². The second-order valence-electron chi connectivity index (χ2n) is 11.2. The number of anilines is 1. The standard InChI is InChI=1S/C32H47NO4/c1-5-6-10-20-36-31-30(35-21-19-24-11-8-7-9-12-24)28-22-26(15-18-29(28)37-32(31,2)3)33-23-25-13-16-27(34-4)17-14-25/h13-18,22,24,30-31,33H,5-12,19-21,23H2,1-4H3. The van der Waals surface area contributed by atoms with Gasteiger partial charge in [-0.3, -0.25) is 0 Å². The first kappa shape index (κ1) is 27.8. The summed E-state index contributed by atoms with van der Waals surface area (Å²) < 4.78 is 25.0. The molecule has 5 nitrogen and oxygen atoms in total. The van der Waals surface area contributed by atoms with Gasteiger partial charge < -0.3 is 24.3 Å². The Kier molecular flexibility index (Phi) is 10.2. The van der Waals surface area contributed by atoms with E-state index in [9.17, 15) is 0 Å². The van der Waals surface area contributed by atoms with Gasteiger partial charge in [-0.15, -0.1) is 0 Å². The van der Waals surface area contributed by atoms with Crippen LogP contribution in [0.2, 0.25) is 0 Å². The number of unbranched alkanes of at least 4 members (excludes halogenated alkanes) is 2. The first-order chi connectivity index (χ1) is 18.0. The summed E-state index contributed by atoms with van der Waals surface area (Å²) in [4.78, 5) is 0. The molecule has 2 atom stereocenters. The number of fused-ring (bicyclic) bond motifs is 1. The van der Waals surface area contributed by atoms with E-state index in [0.29, 0.717) is 0 Å². The molecule has 0 bridgehead atoms. The van der Waals surface area contributed by atoms with Crippen molar-refractivity contribution < 1.29 is 18.9 Å². The molecule has 0 saturated heterocycles. The molecule has 204 valence electrons. The van der Waals surface area contributed by atoms with Crippen LogP contribution in [0, 0.1) is 5.92 Å². The molecule has 0 aromatic heterocycles. The van der Waals surface area contributed by atoms with Gasteiger partial charge in [-0.25, -0.2) is 0 Å². The Morgan fingerprint density at radius 1 is 0.946 bits per heavy atom. The van der Waals surface area contributed by atoms with Crippen molar-refractivity contribution in [3.05, 3.63) is 53.6 Å². The molecule has 2 aromatic rings. The molecule has 2 unspecified atom stereocenters. The maximum absolute atomic E-state index is 6.71. The van der Waals surface area contributed by atoms with E-state index in [4.69, 9.17) is 18.9 Å². The van der Waals surface area contributed by atoms with Crippen molar-refractivity contribution in [2.75, 3.05) is 25.6 Å². The van der Waals surface area contributed by atoms with E-state index in [0.717, 1.165) is 61.3 Å². The lowest BCUT2D eigenvalue weighted by Gasteiger charge is -2.44. The van der Waals surface area contributed by atoms with E-state index < -0.39 is 5.60 Å². The maximum Gasteiger partial charge on any atom is 0.132 e. The minimum atomic E-state index is -0.466. The quantitative estimate of drug-likeness (QED) is 0.277. The average Bonchev–Trinajstić information content (AvgIpc) is 2.91. The summed E-state index contributed by atoms with van der Waals surface area (Å²) in [5, 5.41) is 3.58. The van der Waals surface area contributed by atoms with E-state index in [2.05, 4.69) is 56.4 Å². The van der Waals surface area contributed by atoms with E-state index in [1.807, 2.05) is 12.1 Å². The Balaban J connectivity index is 1.49. The summed E-state index contributed by atoms with van der Waals surface area (Å²) >= 11 is 0. The van der Waals surface area contributed by atoms with Crippen LogP contribution in [-0.2, 0) is 16.0 Å². The van der Waals surface area contributed by atoms with Gasteiger partial charge in [-0.05, 0) is 68.5 Å². The van der Waals surface area contributed by atoms with Crippen molar-refractivity contribution in [2.24, 2.45) is 5.92 Å². The molecule has 4 rings (SSSR count). The van der Waals surface area contributed by atoms with Crippen molar-refractivity contribution in [1.29, 1.82) is 0 Å². The second-order valence-corrected chi connectivity index (χ2v) is 11.2. The van der Waals surface area contributed by atoms with Gasteiger partial charge in [0.05, 0.1) is 7.11 Å². The number of methoxy groups -OCH3 is 1. The summed E-state index contributed by atoms with van der Waals surface area (Å²) in [6, 6.07) is 14.5. The molecule has 1 saturated carbocycles. The number of ether oxygens (including phenoxy) is 4. The Hall–Kier alpha value is -2.24. The van der Waals surface area contributed by atoms with Crippen LogP contribution in [0.5, 0.6) is 11.5 Å². The number of nitrogens with one attached hydrogen (secondary N) is 1.